The van der Waals surface area contributed by atoms with Gasteiger partial charge < -0.3 is 5.32 Å². The van der Waals surface area contributed by atoms with E-state index >= 15 is 0 Å². The van der Waals surface area contributed by atoms with Gasteiger partial charge in [0, 0.05) is 4.47 Å². The van der Waals surface area contributed by atoms with E-state index in [2.05, 4.69) is 27.3 Å². The van der Waals surface area contributed by atoms with Crippen molar-refractivity contribution in [2.75, 3.05) is 5.32 Å². The Morgan fingerprint density at radius 3 is 2.92 bits per heavy atom. The lowest BCUT2D eigenvalue weighted by atomic mass is 10.3. The number of benzene rings is 1. The highest BCUT2D eigenvalue weighted by atomic mass is 79.9. The van der Waals surface area contributed by atoms with Gasteiger partial charge in [0.1, 0.15) is 6.04 Å². The Hall–Kier alpha value is -0.720. The van der Waals surface area contributed by atoms with Gasteiger partial charge in [0.25, 0.3) is 0 Å². The molecule has 1 N–H and O–H groups in total. The third kappa shape index (κ3) is 2.91. The number of nitrogens with one attached hydrogen (secondary N) is 1. The number of hydrogen-bond acceptors (Lipinski definition) is 2. The molecular weight excluding hydrogens is 251 g/mol. The zero-order chi connectivity index (χ0) is 9.84. The van der Waals surface area contributed by atoms with Crippen LogP contribution in [0.2, 0.25) is 5.02 Å². The lowest BCUT2D eigenvalue weighted by Crippen LogP contribution is -2.12. The molecule has 0 radical (unpaired) electrons. The Bertz CT molecular complexity index is 346. The van der Waals surface area contributed by atoms with Crippen LogP contribution in [-0.4, -0.2) is 6.04 Å². The van der Waals surface area contributed by atoms with Gasteiger partial charge in [-0.2, -0.15) is 5.26 Å². The molecule has 0 fully saturated rings. The maximum absolute atomic E-state index is 8.59. The fourth-order valence-electron chi connectivity index (χ4n) is 0.874. The predicted molar refractivity (Wildman–Crippen MR) is 57.8 cm³/mol. The summed E-state index contributed by atoms with van der Waals surface area (Å²) in [4.78, 5) is 0. The Kier molecular flexibility index (Phi) is 3.58. The molecule has 0 bridgehead atoms. The molecule has 1 atom stereocenters. The third-order valence-electron chi connectivity index (χ3n) is 1.49. The Morgan fingerprint density at radius 2 is 2.31 bits per heavy atom. The van der Waals surface area contributed by atoms with Crippen molar-refractivity contribution >= 4 is 33.2 Å². The topological polar surface area (TPSA) is 35.8 Å². The van der Waals surface area contributed by atoms with Crippen molar-refractivity contribution < 1.29 is 0 Å². The molecule has 1 aromatic rings. The average molecular weight is 260 g/mol. The van der Waals surface area contributed by atoms with Crippen LogP contribution in [-0.2, 0) is 0 Å². The number of nitriles is 1. The molecule has 4 heteroatoms. The Morgan fingerprint density at radius 1 is 1.62 bits per heavy atom. The summed E-state index contributed by atoms with van der Waals surface area (Å²) >= 11 is 9.23. The first-order valence-electron chi connectivity index (χ1n) is 3.74. The summed E-state index contributed by atoms with van der Waals surface area (Å²) in [7, 11) is 0. The van der Waals surface area contributed by atoms with Crippen LogP contribution in [0.4, 0.5) is 5.69 Å². The van der Waals surface area contributed by atoms with Crippen molar-refractivity contribution in [3.63, 3.8) is 0 Å². The summed E-state index contributed by atoms with van der Waals surface area (Å²) < 4.78 is 0.935. The molecule has 0 spiro atoms. The number of rotatable bonds is 2. The first kappa shape index (κ1) is 10.4. The lowest BCUT2D eigenvalue weighted by Gasteiger charge is -2.09. The highest BCUT2D eigenvalue weighted by Crippen LogP contribution is 2.25. The van der Waals surface area contributed by atoms with E-state index in [1.165, 1.54) is 0 Å². The maximum atomic E-state index is 8.59. The van der Waals surface area contributed by atoms with Gasteiger partial charge in [-0.15, -0.1) is 0 Å². The normalized spacial score (nSPS) is 11.8. The predicted octanol–water partition coefficient (Wildman–Crippen LogP) is 3.43. The minimum Gasteiger partial charge on any atom is -0.369 e. The molecule has 68 valence electrons. The summed E-state index contributed by atoms with van der Waals surface area (Å²) in [5.74, 6) is 0. The first-order chi connectivity index (χ1) is 6.13. The van der Waals surface area contributed by atoms with Crippen LogP contribution in [0.15, 0.2) is 22.7 Å². The van der Waals surface area contributed by atoms with E-state index in [1.54, 1.807) is 13.0 Å². The average Bonchev–Trinajstić information content (AvgIpc) is 2.11. The van der Waals surface area contributed by atoms with Gasteiger partial charge in [0.2, 0.25) is 0 Å². The van der Waals surface area contributed by atoms with Gasteiger partial charge >= 0.3 is 0 Å². The van der Waals surface area contributed by atoms with E-state index in [-0.39, 0.29) is 6.04 Å². The summed E-state index contributed by atoms with van der Waals surface area (Å²) in [6.07, 6.45) is 0. The van der Waals surface area contributed by atoms with Crippen LogP contribution >= 0.6 is 27.5 Å². The SMILES string of the molecule is CC(C#N)Nc1cc(Br)ccc1Cl. The first-order valence-corrected chi connectivity index (χ1v) is 4.92. The second-order valence-corrected chi connectivity index (χ2v) is 3.94. The van der Waals surface area contributed by atoms with Crippen molar-refractivity contribution in [3.05, 3.63) is 27.7 Å². The van der Waals surface area contributed by atoms with Gasteiger partial charge in [-0.05, 0) is 25.1 Å². The lowest BCUT2D eigenvalue weighted by molar-refractivity contribution is 1.01. The highest BCUT2D eigenvalue weighted by molar-refractivity contribution is 9.10. The van der Waals surface area contributed by atoms with Gasteiger partial charge in [-0.3, -0.25) is 0 Å². The fourth-order valence-corrected chi connectivity index (χ4v) is 1.41. The van der Waals surface area contributed by atoms with Gasteiger partial charge in [0.15, 0.2) is 0 Å². The van der Waals surface area contributed by atoms with Crippen LogP contribution in [0.25, 0.3) is 0 Å². The van der Waals surface area contributed by atoms with Crippen LogP contribution in [0.5, 0.6) is 0 Å². The van der Waals surface area contributed by atoms with E-state index in [4.69, 9.17) is 16.9 Å². The zero-order valence-electron chi connectivity index (χ0n) is 7.01. The standard InChI is InChI=1S/C9H8BrClN2/c1-6(5-12)13-9-4-7(10)2-3-8(9)11/h2-4,6,13H,1H3. The van der Waals surface area contributed by atoms with Crippen molar-refractivity contribution in [2.45, 2.75) is 13.0 Å². The van der Waals surface area contributed by atoms with E-state index in [9.17, 15) is 0 Å². The van der Waals surface area contributed by atoms with Crippen LogP contribution in [0.3, 0.4) is 0 Å². The summed E-state index contributed by atoms with van der Waals surface area (Å²) in [5.41, 5.74) is 0.769. The minimum absolute atomic E-state index is 0.244. The van der Waals surface area contributed by atoms with Crippen LogP contribution in [0, 0.1) is 11.3 Å². The molecule has 0 aliphatic rings. The molecule has 0 amide bonds. The molecule has 13 heavy (non-hydrogen) atoms. The Balaban J connectivity index is 2.88. The highest BCUT2D eigenvalue weighted by Gasteiger charge is 2.03. The second kappa shape index (κ2) is 4.50. The monoisotopic (exact) mass is 258 g/mol. The smallest absolute Gasteiger partial charge is 0.111 e. The van der Waals surface area contributed by atoms with Crippen LogP contribution in [0.1, 0.15) is 6.92 Å². The van der Waals surface area contributed by atoms with Crippen molar-refractivity contribution in [2.24, 2.45) is 0 Å². The van der Waals surface area contributed by atoms with Crippen molar-refractivity contribution in [1.29, 1.82) is 5.26 Å². The maximum Gasteiger partial charge on any atom is 0.111 e. The largest absolute Gasteiger partial charge is 0.369 e. The van der Waals surface area contributed by atoms with Gasteiger partial charge in [0.05, 0.1) is 16.8 Å². The number of halogens is 2. The fraction of sp³-hybridized carbons (Fsp3) is 0.222. The van der Waals surface area contributed by atoms with E-state index < -0.39 is 0 Å². The quantitative estimate of drug-likeness (QED) is 0.883. The molecule has 0 saturated carbocycles. The van der Waals surface area contributed by atoms with Crippen molar-refractivity contribution in [1.82, 2.24) is 0 Å². The van der Waals surface area contributed by atoms with E-state index in [1.807, 2.05) is 12.1 Å². The molecule has 0 aromatic heterocycles. The minimum atomic E-state index is -0.244. The summed E-state index contributed by atoms with van der Waals surface area (Å²) in [5, 5.41) is 12.2. The van der Waals surface area contributed by atoms with Crippen molar-refractivity contribution in [3.8, 4) is 6.07 Å². The zero-order valence-corrected chi connectivity index (χ0v) is 9.35. The molecular formula is C9H8BrClN2. The number of anilines is 1. The van der Waals surface area contributed by atoms with E-state index in [0.29, 0.717) is 5.02 Å². The molecule has 1 rings (SSSR count). The molecule has 2 nitrogen and oxygen atoms in total. The molecule has 0 aliphatic carbocycles. The molecule has 0 saturated heterocycles. The molecule has 1 unspecified atom stereocenters. The third-order valence-corrected chi connectivity index (χ3v) is 2.32. The van der Waals surface area contributed by atoms with Gasteiger partial charge in [-0.25, -0.2) is 0 Å². The van der Waals surface area contributed by atoms with Gasteiger partial charge in [-0.1, -0.05) is 27.5 Å². The number of nitrogens with zero attached hydrogens (tertiary/aromatic N) is 1. The molecule has 0 heterocycles. The Labute approximate surface area is 90.6 Å². The summed E-state index contributed by atoms with van der Waals surface area (Å²) in [6.45, 7) is 1.78. The molecule has 1 aromatic carbocycles. The van der Waals surface area contributed by atoms with Crippen LogP contribution < -0.4 is 5.32 Å². The summed E-state index contributed by atoms with van der Waals surface area (Å²) in [6, 6.07) is 7.30. The molecule has 0 aliphatic heterocycles. The van der Waals surface area contributed by atoms with E-state index in [0.717, 1.165) is 10.2 Å². The second-order valence-electron chi connectivity index (χ2n) is 2.62. The number of hydrogen-bond donors (Lipinski definition) is 1.